The molecular weight excluding hydrogens is 326 g/mol. The minimum Gasteiger partial charge on any atom is -0.345 e. The van der Waals surface area contributed by atoms with Gasteiger partial charge >= 0.3 is 0 Å². The number of nitrogens with one attached hydrogen (secondary N) is 1. The molecule has 0 unspecified atom stereocenters. The van der Waals surface area contributed by atoms with E-state index in [1.54, 1.807) is 4.90 Å². The summed E-state index contributed by atoms with van der Waals surface area (Å²) in [5.74, 6) is 0.209. The van der Waals surface area contributed by atoms with Crippen LogP contribution in [-0.4, -0.2) is 36.9 Å². The number of amides is 2. The molecule has 1 aliphatic heterocycles. The second kappa shape index (κ2) is 8.49. The molecule has 5 nitrogen and oxygen atoms in total. The number of halogens is 1. The zero-order chi connectivity index (χ0) is 17.0. The maximum Gasteiger partial charge on any atom is 0.228 e. The lowest BCUT2D eigenvalue weighted by Crippen LogP contribution is -2.39. The first kappa shape index (κ1) is 20.5. The van der Waals surface area contributed by atoms with Gasteiger partial charge in [-0.05, 0) is 42.0 Å². The van der Waals surface area contributed by atoms with E-state index in [9.17, 15) is 9.59 Å². The molecule has 0 radical (unpaired) electrons. The summed E-state index contributed by atoms with van der Waals surface area (Å²) in [5, 5.41) is 2.83. The van der Waals surface area contributed by atoms with Crippen LogP contribution in [0.1, 0.15) is 37.8 Å². The average Bonchev–Trinajstić information content (AvgIpc) is 2.86. The Balaban J connectivity index is 0.00000288. The van der Waals surface area contributed by atoms with Crippen LogP contribution in [0.4, 0.5) is 5.69 Å². The molecule has 0 saturated heterocycles. The maximum absolute atomic E-state index is 12.2. The highest BCUT2D eigenvalue weighted by Gasteiger charge is 2.21. The summed E-state index contributed by atoms with van der Waals surface area (Å²) in [6.45, 7) is 5.37. The second-order valence-corrected chi connectivity index (χ2v) is 7.19. The number of anilines is 1. The van der Waals surface area contributed by atoms with Gasteiger partial charge < -0.3 is 16.0 Å². The number of hydrogen-bond acceptors (Lipinski definition) is 3. The van der Waals surface area contributed by atoms with E-state index in [0.717, 1.165) is 24.1 Å². The van der Waals surface area contributed by atoms with Gasteiger partial charge in [0.15, 0.2) is 0 Å². The molecule has 0 saturated carbocycles. The van der Waals surface area contributed by atoms with Crippen molar-refractivity contribution in [3.63, 3.8) is 0 Å². The highest BCUT2D eigenvalue weighted by Crippen LogP contribution is 2.24. The van der Waals surface area contributed by atoms with Gasteiger partial charge in [0.2, 0.25) is 11.8 Å². The molecule has 1 heterocycles. The van der Waals surface area contributed by atoms with Crippen molar-refractivity contribution >= 4 is 29.9 Å². The van der Waals surface area contributed by atoms with Gasteiger partial charge in [0.25, 0.3) is 0 Å². The van der Waals surface area contributed by atoms with Crippen molar-refractivity contribution in [1.82, 2.24) is 4.90 Å². The number of carbonyl (C=O) groups excluding carboxylic acids is 2. The van der Waals surface area contributed by atoms with Crippen LogP contribution >= 0.6 is 12.4 Å². The Labute approximate surface area is 150 Å². The Bertz CT molecular complexity index is 602. The highest BCUT2D eigenvalue weighted by atomic mass is 35.5. The number of fused-ring (bicyclic) bond motifs is 1. The highest BCUT2D eigenvalue weighted by molar-refractivity contribution is 5.99. The molecule has 0 aromatic heterocycles. The van der Waals surface area contributed by atoms with Gasteiger partial charge in [-0.2, -0.15) is 0 Å². The smallest absolute Gasteiger partial charge is 0.228 e. The minimum atomic E-state index is -0.0517. The molecule has 6 heteroatoms. The molecule has 0 aliphatic carbocycles. The van der Waals surface area contributed by atoms with Crippen molar-refractivity contribution in [3.8, 4) is 0 Å². The molecule has 24 heavy (non-hydrogen) atoms. The third kappa shape index (κ3) is 5.49. The van der Waals surface area contributed by atoms with Gasteiger partial charge in [0.1, 0.15) is 0 Å². The summed E-state index contributed by atoms with van der Waals surface area (Å²) < 4.78 is 0. The fourth-order valence-corrected chi connectivity index (χ4v) is 2.87. The molecule has 2 amide bonds. The lowest BCUT2D eigenvalue weighted by atomic mass is 9.93. The normalized spacial score (nSPS) is 13.1. The molecule has 0 fully saturated rings. The minimum absolute atomic E-state index is 0. The van der Waals surface area contributed by atoms with Crippen LogP contribution in [0, 0.1) is 5.41 Å². The molecule has 1 aliphatic rings. The summed E-state index contributed by atoms with van der Waals surface area (Å²) in [5.41, 5.74) is 8.82. The van der Waals surface area contributed by atoms with Gasteiger partial charge in [0, 0.05) is 25.7 Å². The van der Waals surface area contributed by atoms with Gasteiger partial charge in [-0.25, -0.2) is 0 Å². The van der Waals surface area contributed by atoms with E-state index < -0.39 is 0 Å². The largest absolute Gasteiger partial charge is 0.345 e. The molecule has 2 rings (SSSR count). The van der Waals surface area contributed by atoms with Crippen LogP contribution in [0.5, 0.6) is 0 Å². The van der Waals surface area contributed by atoms with Crippen LogP contribution in [0.2, 0.25) is 0 Å². The number of aryl methyl sites for hydroxylation is 1. The van der Waals surface area contributed by atoms with Gasteiger partial charge in [-0.3, -0.25) is 9.59 Å². The molecular formula is C18H28ClN3O2. The van der Waals surface area contributed by atoms with Crippen LogP contribution in [-0.2, 0) is 22.4 Å². The van der Waals surface area contributed by atoms with E-state index in [2.05, 4.69) is 25.2 Å². The van der Waals surface area contributed by atoms with Gasteiger partial charge in [0.05, 0.1) is 6.42 Å². The third-order valence-electron chi connectivity index (χ3n) is 4.29. The predicted molar refractivity (Wildman–Crippen MR) is 99.4 cm³/mol. The first-order chi connectivity index (χ1) is 10.8. The van der Waals surface area contributed by atoms with Gasteiger partial charge in [-0.15, -0.1) is 12.4 Å². The van der Waals surface area contributed by atoms with Crippen molar-refractivity contribution < 1.29 is 9.59 Å². The Morgan fingerprint density at radius 3 is 2.75 bits per heavy atom. The van der Waals surface area contributed by atoms with E-state index >= 15 is 0 Å². The van der Waals surface area contributed by atoms with Crippen molar-refractivity contribution in [3.05, 3.63) is 29.3 Å². The van der Waals surface area contributed by atoms with Crippen LogP contribution in [0.3, 0.4) is 0 Å². The monoisotopic (exact) mass is 353 g/mol. The maximum atomic E-state index is 12.2. The van der Waals surface area contributed by atoms with E-state index in [4.69, 9.17) is 5.73 Å². The Kier molecular flexibility index (Phi) is 7.24. The Hall–Kier alpha value is -1.59. The predicted octanol–water partition coefficient (Wildman–Crippen LogP) is 2.37. The first-order valence-electron chi connectivity index (χ1n) is 8.16. The number of benzene rings is 1. The quantitative estimate of drug-likeness (QED) is 0.790. The van der Waals surface area contributed by atoms with E-state index in [1.807, 2.05) is 19.2 Å². The standard InChI is InChI=1S/C18H27N3O2.ClH/c1-18(2,11-19)12-21(3)17(23)6-4-5-13-7-8-15-14(9-13)10-16(22)20-15;/h7-9H,4-6,10-12,19H2,1-3H3,(H,20,22);1H. The molecule has 1 aromatic carbocycles. The lowest BCUT2D eigenvalue weighted by Gasteiger charge is -2.29. The number of carbonyl (C=O) groups is 2. The third-order valence-corrected chi connectivity index (χ3v) is 4.29. The Morgan fingerprint density at radius 1 is 1.38 bits per heavy atom. The lowest BCUT2D eigenvalue weighted by molar-refractivity contribution is -0.131. The van der Waals surface area contributed by atoms with Crippen LogP contribution in [0.25, 0.3) is 0 Å². The number of nitrogens with two attached hydrogens (primary N) is 1. The molecule has 134 valence electrons. The van der Waals surface area contributed by atoms with E-state index in [-0.39, 0.29) is 29.6 Å². The molecule has 0 bridgehead atoms. The molecule has 0 spiro atoms. The first-order valence-corrected chi connectivity index (χ1v) is 8.16. The van der Waals surface area contributed by atoms with Crippen molar-refractivity contribution in [2.24, 2.45) is 11.1 Å². The number of nitrogens with zero attached hydrogens (tertiary/aromatic N) is 1. The summed E-state index contributed by atoms with van der Waals surface area (Å²) in [6.07, 6.45) is 2.65. The Morgan fingerprint density at radius 2 is 2.08 bits per heavy atom. The van der Waals surface area contributed by atoms with E-state index in [1.165, 1.54) is 5.56 Å². The second-order valence-electron chi connectivity index (χ2n) is 7.19. The zero-order valence-corrected chi connectivity index (χ0v) is 15.5. The number of hydrogen-bond donors (Lipinski definition) is 2. The van der Waals surface area contributed by atoms with Crippen molar-refractivity contribution in [2.75, 3.05) is 25.5 Å². The van der Waals surface area contributed by atoms with Crippen LogP contribution in [0.15, 0.2) is 18.2 Å². The summed E-state index contributed by atoms with van der Waals surface area (Å²) in [6, 6.07) is 6.04. The SMILES string of the molecule is CN(CC(C)(C)CN)C(=O)CCCc1ccc2c(c1)CC(=O)N2.Cl. The van der Waals surface area contributed by atoms with Crippen LogP contribution < -0.4 is 11.1 Å². The van der Waals surface area contributed by atoms with Gasteiger partial charge in [-0.1, -0.05) is 26.0 Å². The van der Waals surface area contributed by atoms with Crippen molar-refractivity contribution in [1.29, 1.82) is 0 Å². The summed E-state index contributed by atoms with van der Waals surface area (Å²) in [4.78, 5) is 25.3. The summed E-state index contributed by atoms with van der Waals surface area (Å²) >= 11 is 0. The molecule has 3 N–H and O–H groups in total. The van der Waals surface area contributed by atoms with E-state index in [0.29, 0.717) is 25.9 Å². The fraction of sp³-hybridized carbons (Fsp3) is 0.556. The fourth-order valence-electron chi connectivity index (χ4n) is 2.87. The topological polar surface area (TPSA) is 75.4 Å². The molecule has 1 aromatic rings. The van der Waals surface area contributed by atoms with Crippen molar-refractivity contribution in [2.45, 2.75) is 39.5 Å². The zero-order valence-electron chi connectivity index (χ0n) is 14.7. The number of rotatable bonds is 7. The summed E-state index contributed by atoms with van der Waals surface area (Å²) in [7, 11) is 1.84. The molecule has 0 atom stereocenters. The average molecular weight is 354 g/mol.